The number of hydrogen-bond acceptors (Lipinski definition) is 3. The van der Waals surface area contributed by atoms with Gasteiger partial charge < -0.3 is 9.67 Å². The molecule has 1 atom stereocenters. The molecule has 0 aliphatic carbocycles. The minimum atomic E-state index is -1.14. The van der Waals surface area contributed by atoms with Gasteiger partial charge in [-0.15, -0.1) is 0 Å². The van der Waals surface area contributed by atoms with Crippen LogP contribution in [0.3, 0.4) is 0 Å². The zero-order chi connectivity index (χ0) is 13.0. The first kappa shape index (κ1) is 13.2. The van der Waals surface area contributed by atoms with Gasteiger partial charge in [0, 0.05) is 12.6 Å². The Kier molecular flexibility index (Phi) is 4.25. The van der Waals surface area contributed by atoms with E-state index in [1.54, 1.807) is 0 Å². The molecule has 0 radical (unpaired) electrons. The van der Waals surface area contributed by atoms with Gasteiger partial charge >= 0.3 is 5.97 Å². The second-order valence-electron chi connectivity index (χ2n) is 4.19. The minimum Gasteiger partial charge on any atom is -0.477 e. The lowest BCUT2D eigenvalue weighted by Crippen LogP contribution is -2.12. The largest absolute Gasteiger partial charge is 0.477 e. The fraction of sp³-hybridized carbons (Fsp3) is 0.545. The second kappa shape index (κ2) is 5.47. The summed E-state index contributed by atoms with van der Waals surface area (Å²) in [5, 5.41) is 19.6. The Morgan fingerprint density at radius 2 is 2.29 bits per heavy atom. The Balaban J connectivity index is 2.96. The maximum absolute atomic E-state index is 11.0. The van der Waals surface area contributed by atoms with Gasteiger partial charge in [-0.3, -0.25) is 10.1 Å². The SMILES string of the molecule is CCCC(C)Cn1cc([N+](=O)[O-])cc1C(=O)O. The van der Waals surface area contributed by atoms with Crippen LogP contribution in [0.5, 0.6) is 0 Å². The first-order chi connectivity index (χ1) is 7.95. The minimum absolute atomic E-state index is 0.0281. The molecule has 0 aromatic carbocycles. The first-order valence-electron chi connectivity index (χ1n) is 5.53. The van der Waals surface area contributed by atoms with Crippen LogP contribution in [-0.2, 0) is 6.54 Å². The number of carboxylic acids is 1. The fourth-order valence-corrected chi connectivity index (χ4v) is 1.84. The van der Waals surface area contributed by atoms with E-state index >= 15 is 0 Å². The predicted octanol–water partition coefficient (Wildman–Crippen LogP) is 2.53. The van der Waals surface area contributed by atoms with Crippen LogP contribution >= 0.6 is 0 Å². The number of carboxylic acid groups (broad SMARTS) is 1. The van der Waals surface area contributed by atoms with Crippen molar-refractivity contribution in [3.63, 3.8) is 0 Å². The molecule has 0 aliphatic heterocycles. The second-order valence-corrected chi connectivity index (χ2v) is 4.19. The quantitative estimate of drug-likeness (QED) is 0.611. The van der Waals surface area contributed by atoms with Crippen molar-refractivity contribution in [1.82, 2.24) is 4.57 Å². The van der Waals surface area contributed by atoms with Gasteiger partial charge in [0.25, 0.3) is 5.69 Å². The van der Waals surface area contributed by atoms with Crippen LogP contribution < -0.4 is 0 Å². The van der Waals surface area contributed by atoms with Crippen molar-refractivity contribution in [2.75, 3.05) is 0 Å². The molecular weight excluding hydrogens is 224 g/mol. The highest BCUT2D eigenvalue weighted by Crippen LogP contribution is 2.19. The van der Waals surface area contributed by atoms with Gasteiger partial charge in [0.15, 0.2) is 0 Å². The molecule has 0 amide bonds. The molecule has 0 saturated heterocycles. The highest BCUT2D eigenvalue weighted by molar-refractivity contribution is 5.86. The van der Waals surface area contributed by atoms with E-state index < -0.39 is 10.9 Å². The highest BCUT2D eigenvalue weighted by atomic mass is 16.6. The number of nitro groups is 1. The van der Waals surface area contributed by atoms with Gasteiger partial charge in [-0.2, -0.15) is 0 Å². The molecule has 1 N–H and O–H groups in total. The van der Waals surface area contributed by atoms with Gasteiger partial charge in [0.2, 0.25) is 0 Å². The van der Waals surface area contributed by atoms with Crippen molar-refractivity contribution in [3.05, 3.63) is 28.1 Å². The summed E-state index contributed by atoms with van der Waals surface area (Å²) in [6, 6.07) is 1.10. The monoisotopic (exact) mass is 240 g/mol. The summed E-state index contributed by atoms with van der Waals surface area (Å²) < 4.78 is 1.45. The van der Waals surface area contributed by atoms with E-state index in [0.717, 1.165) is 18.9 Å². The third-order valence-electron chi connectivity index (χ3n) is 2.60. The van der Waals surface area contributed by atoms with Crippen LogP contribution in [0.15, 0.2) is 12.3 Å². The van der Waals surface area contributed by atoms with Crippen LogP contribution in [0.25, 0.3) is 0 Å². The van der Waals surface area contributed by atoms with Crippen LogP contribution in [0, 0.1) is 16.0 Å². The predicted molar refractivity (Wildman–Crippen MR) is 62.1 cm³/mol. The van der Waals surface area contributed by atoms with E-state index in [0.29, 0.717) is 12.5 Å². The van der Waals surface area contributed by atoms with Crippen molar-refractivity contribution in [2.24, 2.45) is 5.92 Å². The van der Waals surface area contributed by atoms with Gasteiger partial charge in [-0.25, -0.2) is 4.79 Å². The molecule has 6 heteroatoms. The Bertz CT molecular complexity index is 425. The van der Waals surface area contributed by atoms with E-state index in [2.05, 4.69) is 0 Å². The maximum Gasteiger partial charge on any atom is 0.352 e. The topological polar surface area (TPSA) is 85.4 Å². The van der Waals surface area contributed by atoms with E-state index in [4.69, 9.17) is 5.11 Å². The number of hydrogen-bond donors (Lipinski definition) is 1. The Morgan fingerprint density at radius 1 is 1.65 bits per heavy atom. The van der Waals surface area contributed by atoms with E-state index in [1.807, 2.05) is 13.8 Å². The Labute approximate surface area is 99.0 Å². The molecule has 1 aromatic heterocycles. The maximum atomic E-state index is 11.0. The molecule has 1 unspecified atom stereocenters. The smallest absolute Gasteiger partial charge is 0.352 e. The molecule has 94 valence electrons. The molecular formula is C11H16N2O4. The number of aromatic carboxylic acids is 1. The van der Waals surface area contributed by atoms with E-state index in [-0.39, 0.29) is 11.4 Å². The average molecular weight is 240 g/mol. The van der Waals surface area contributed by atoms with Gasteiger partial charge in [-0.05, 0) is 12.3 Å². The molecule has 1 rings (SSSR count). The van der Waals surface area contributed by atoms with Crippen molar-refractivity contribution in [3.8, 4) is 0 Å². The molecule has 17 heavy (non-hydrogen) atoms. The van der Waals surface area contributed by atoms with Gasteiger partial charge in [0.05, 0.1) is 11.1 Å². The molecule has 0 saturated carbocycles. The summed E-state index contributed by atoms with van der Waals surface area (Å²) in [5.41, 5.74) is -0.203. The Morgan fingerprint density at radius 3 is 2.76 bits per heavy atom. The van der Waals surface area contributed by atoms with Crippen molar-refractivity contribution >= 4 is 11.7 Å². The highest BCUT2D eigenvalue weighted by Gasteiger charge is 2.19. The summed E-state index contributed by atoms with van der Waals surface area (Å²) in [6.07, 6.45) is 3.26. The molecule has 6 nitrogen and oxygen atoms in total. The summed E-state index contributed by atoms with van der Waals surface area (Å²) in [7, 11) is 0. The molecule has 0 bridgehead atoms. The molecule has 1 heterocycles. The number of nitrogens with zero attached hydrogens (tertiary/aromatic N) is 2. The third kappa shape index (κ3) is 3.30. The van der Waals surface area contributed by atoms with E-state index in [9.17, 15) is 14.9 Å². The number of rotatable bonds is 6. The average Bonchev–Trinajstić information content (AvgIpc) is 2.62. The van der Waals surface area contributed by atoms with Crippen LogP contribution in [0.1, 0.15) is 37.2 Å². The summed E-state index contributed by atoms with van der Waals surface area (Å²) in [4.78, 5) is 21.0. The normalized spacial score (nSPS) is 12.4. The van der Waals surface area contributed by atoms with Crippen molar-refractivity contribution < 1.29 is 14.8 Å². The molecule has 0 fully saturated rings. The third-order valence-corrected chi connectivity index (χ3v) is 2.60. The summed E-state index contributed by atoms with van der Waals surface area (Å²) in [5.74, 6) is -0.841. The molecule has 0 aliphatic rings. The summed E-state index contributed by atoms with van der Waals surface area (Å²) >= 11 is 0. The lowest BCUT2D eigenvalue weighted by molar-refractivity contribution is -0.384. The Hall–Kier alpha value is -1.85. The molecule has 1 aromatic rings. The van der Waals surface area contributed by atoms with Crippen LogP contribution in [-0.4, -0.2) is 20.6 Å². The molecule has 0 spiro atoms. The van der Waals surface area contributed by atoms with E-state index in [1.165, 1.54) is 10.8 Å². The first-order valence-corrected chi connectivity index (χ1v) is 5.53. The lowest BCUT2D eigenvalue weighted by Gasteiger charge is -2.12. The standard InChI is InChI=1S/C11H16N2O4/c1-3-4-8(2)6-12-7-9(13(16)17)5-10(12)11(14)15/h5,7-8H,3-4,6H2,1-2H3,(H,14,15). The summed E-state index contributed by atoms with van der Waals surface area (Å²) in [6.45, 7) is 4.54. The van der Waals surface area contributed by atoms with Crippen LogP contribution in [0.2, 0.25) is 0 Å². The fourth-order valence-electron chi connectivity index (χ4n) is 1.84. The van der Waals surface area contributed by atoms with Crippen molar-refractivity contribution in [1.29, 1.82) is 0 Å². The van der Waals surface area contributed by atoms with Gasteiger partial charge in [-0.1, -0.05) is 20.3 Å². The van der Waals surface area contributed by atoms with Crippen LogP contribution in [0.4, 0.5) is 5.69 Å². The lowest BCUT2D eigenvalue weighted by atomic mass is 10.1. The van der Waals surface area contributed by atoms with Gasteiger partial charge in [0.1, 0.15) is 5.69 Å². The zero-order valence-electron chi connectivity index (χ0n) is 9.92. The van der Waals surface area contributed by atoms with Crippen molar-refractivity contribution in [2.45, 2.75) is 33.2 Å². The number of carbonyl (C=O) groups is 1. The number of aromatic nitrogens is 1. The zero-order valence-corrected chi connectivity index (χ0v) is 9.92.